The SMILES string of the molecule is CC(CN1C(=O)c2cccc3cccc1c23)C(N)=S. The van der Waals surface area contributed by atoms with Gasteiger partial charge < -0.3 is 10.6 Å². The third-order valence-corrected chi connectivity index (χ3v) is 3.99. The molecule has 0 saturated heterocycles. The van der Waals surface area contributed by atoms with Crippen LogP contribution in [0.2, 0.25) is 0 Å². The molecule has 3 rings (SSSR count). The van der Waals surface area contributed by atoms with Gasteiger partial charge in [-0.25, -0.2) is 0 Å². The van der Waals surface area contributed by atoms with Crippen LogP contribution in [-0.2, 0) is 0 Å². The quantitative estimate of drug-likeness (QED) is 0.872. The average Bonchev–Trinajstić information content (AvgIpc) is 2.67. The normalized spacial score (nSPS) is 15.0. The highest BCUT2D eigenvalue weighted by molar-refractivity contribution is 7.80. The number of nitrogens with two attached hydrogens (primary N) is 1. The Labute approximate surface area is 117 Å². The van der Waals surface area contributed by atoms with E-state index in [9.17, 15) is 4.79 Å². The van der Waals surface area contributed by atoms with E-state index in [1.807, 2.05) is 43.3 Å². The van der Waals surface area contributed by atoms with Gasteiger partial charge in [0, 0.05) is 23.4 Å². The summed E-state index contributed by atoms with van der Waals surface area (Å²) in [5, 5.41) is 2.12. The molecule has 0 aliphatic carbocycles. The van der Waals surface area contributed by atoms with Crippen LogP contribution in [0, 0.1) is 5.92 Å². The van der Waals surface area contributed by atoms with Crippen LogP contribution >= 0.6 is 12.2 Å². The van der Waals surface area contributed by atoms with Gasteiger partial charge in [0.15, 0.2) is 0 Å². The summed E-state index contributed by atoms with van der Waals surface area (Å²) in [5.41, 5.74) is 7.38. The summed E-state index contributed by atoms with van der Waals surface area (Å²) in [6.07, 6.45) is 0. The van der Waals surface area contributed by atoms with E-state index in [-0.39, 0.29) is 11.8 Å². The van der Waals surface area contributed by atoms with Crippen LogP contribution in [0.4, 0.5) is 5.69 Å². The molecule has 1 heterocycles. The van der Waals surface area contributed by atoms with Gasteiger partial charge in [-0.05, 0) is 17.5 Å². The summed E-state index contributed by atoms with van der Waals surface area (Å²) in [6, 6.07) is 11.8. The maximum absolute atomic E-state index is 12.5. The van der Waals surface area contributed by atoms with E-state index < -0.39 is 0 Å². The van der Waals surface area contributed by atoms with Crippen molar-refractivity contribution >= 4 is 39.6 Å². The Morgan fingerprint density at radius 3 is 2.68 bits per heavy atom. The molecule has 3 nitrogen and oxygen atoms in total. The summed E-state index contributed by atoms with van der Waals surface area (Å²) in [5.74, 6) is 0.0402. The molecular formula is C15H14N2OS. The number of amides is 1. The number of rotatable bonds is 3. The monoisotopic (exact) mass is 270 g/mol. The third-order valence-electron chi connectivity index (χ3n) is 3.59. The number of hydrogen-bond donors (Lipinski definition) is 1. The van der Waals surface area contributed by atoms with E-state index in [2.05, 4.69) is 0 Å². The first-order valence-corrected chi connectivity index (χ1v) is 6.63. The molecule has 0 radical (unpaired) electrons. The first-order valence-electron chi connectivity index (χ1n) is 6.22. The van der Waals surface area contributed by atoms with Crippen LogP contribution in [0.25, 0.3) is 10.8 Å². The number of anilines is 1. The van der Waals surface area contributed by atoms with E-state index in [0.717, 1.165) is 22.0 Å². The van der Waals surface area contributed by atoms with Crippen molar-refractivity contribution in [3.63, 3.8) is 0 Å². The minimum Gasteiger partial charge on any atom is -0.393 e. The Balaban J connectivity index is 2.10. The minimum atomic E-state index is 0.00326. The first-order chi connectivity index (χ1) is 9.09. The highest BCUT2D eigenvalue weighted by Gasteiger charge is 2.30. The molecule has 1 atom stereocenters. The minimum absolute atomic E-state index is 0.00326. The van der Waals surface area contributed by atoms with Gasteiger partial charge in [0.05, 0.1) is 10.7 Å². The second-order valence-electron chi connectivity index (χ2n) is 4.90. The van der Waals surface area contributed by atoms with Crippen molar-refractivity contribution in [2.75, 3.05) is 11.4 Å². The zero-order valence-electron chi connectivity index (χ0n) is 10.6. The van der Waals surface area contributed by atoms with Crippen molar-refractivity contribution in [1.82, 2.24) is 0 Å². The largest absolute Gasteiger partial charge is 0.393 e. The van der Waals surface area contributed by atoms with Gasteiger partial charge >= 0.3 is 0 Å². The first kappa shape index (κ1) is 12.1. The van der Waals surface area contributed by atoms with Crippen molar-refractivity contribution in [1.29, 1.82) is 0 Å². The summed E-state index contributed by atoms with van der Waals surface area (Å²) in [6.45, 7) is 2.47. The molecule has 1 aliphatic rings. The lowest BCUT2D eigenvalue weighted by atomic mass is 10.1. The van der Waals surface area contributed by atoms with Crippen LogP contribution < -0.4 is 10.6 Å². The number of carbonyl (C=O) groups is 1. The fraction of sp³-hybridized carbons (Fsp3) is 0.200. The highest BCUT2D eigenvalue weighted by atomic mass is 32.1. The zero-order chi connectivity index (χ0) is 13.6. The topological polar surface area (TPSA) is 46.3 Å². The van der Waals surface area contributed by atoms with E-state index in [4.69, 9.17) is 18.0 Å². The van der Waals surface area contributed by atoms with Gasteiger partial charge in [0.2, 0.25) is 0 Å². The molecular weight excluding hydrogens is 256 g/mol. The number of nitrogens with zero attached hydrogens (tertiary/aromatic N) is 1. The molecule has 4 heteroatoms. The van der Waals surface area contributed by atoms with Crippen LogP contribution in [0.3, 0.4) is 0 Å². The Hall–Kier alpha value is -1.94. The molecule has 1 unspecified atom stereocenters. The molecule has 2 N–H and O–H groups in total. The number of carbonyl (C=O) groups excluding carboxylic acids is 1. The smallest absolute Gasteiger partial charge is 0.259 e. The molecule has 0 spiro atoms. The molecule has 0 aromatic heterocycles. The second kappa shape index (κ2) is 4.31. The molecule has 2 aromatic carbocycles. The summed E-state index contributed by atoms with van der Waals surface area (Å²) < 4.78 is 0. The van der Waals surface area contributed by atoms with Crippen molar-refractivity contribution in [3.8, 4) is 0 Å². The Kier molecular flexibility index (Phi) is 2.75. The van der Waals surface area contributed by atoms with Crippen molar-refractivity contribution in [2.24, 2.45) is 11.7 Å². The maximum Gasteiger partial charge on any atom is 0.259 e. The lowest BCUT2D eigenvalue weighted by molar-refractivity contribution is 0.0991. The molecule has 1 aliphatic heterocycles. The van der Waals surface area contributed by atoms with E-state index in [0.29, 0.717) is 11.5 Å². The van der Waals surface area contributed by atoms with Gasteiger partial charge in [0.1, 0.15) is 0 Å². The lowest BCUT2D eigenvalue weighted by Gasteiger charge is -2.21. The molecule has 1 amide bonds. The fourth-order valence-electron chi connectivity index (χ4n) is 2.52. The van der Waals surface area contributed by atoms with Crippen molar-refractivity contribution in [3.05, 3.63) is 42.0 Å². The molecule has 96 valence electrons. The van der Waals surface area contributed by atoms with Crippen LogP contribution in [0.15, 0.2) is 36.4 Å². The average molecular weight is 270 g/mol. The second-order valence-corrected chi connectivity index (χ2v) is 5.37. The Bertz CT molecular complexity index is 690. The van der Waals surface area contributed by atoms with Gasteiger partial charge in [-0.2, -0.15) is 0 Å². The lowest BCUT2D eigenvalue weighted by Crippen LogP contribution is -2.35. The van der Waals surface area contributed by atoms with Crippen molar-refractivity contribution in [2.45, 2.75) is 6.92 Å². The molecule has 0 saturated carbocycles. The predicted octanol–water partition coefficient (Wildman–Crippen LogP) is 2.72. The Morgan fingerprint density at radius 1 is 1.32 bits per heavy atom. The van der Waals surface area contributed by atoms with E-state index >= 15 is 0 Å². The van der Waals surface area contributed by atoms with Gasteiger partial charge in [-0.3, -0.25) is 4.79 Å². The van der Waals surface area contributed by atoms with Crippen LogP contribution in [0.5, 0.6) is 0 Å². The zero-order valence-corrected chi connectivity index (χ0v) is 11.4. The van der Waals surface area contributed by atoms with Gasteiger partial charge in [-0.1, -0.05) is 43.4 Å². The molecule has 2 aromatic rings. The highest BCUT2D eigenvalue weighted by Crippen LogP contribution is 2.37. The summed E-state index contributed by atoms with van der Waals surface area (Å²) in [4.78, 5) is 14.7. The van der Waals surface area contributed by atoms with Crippen molar-refractivity contribution < 1.29 is 4.79 Å². The molecule has 0 bridgehead atoms. The molecule has 19 heavy (non-hydrogen) atoms. The van der Waals surface area contributed by atoms with Crippen LogP contribution in [0.1, 0.15) is 17.3 Å². The predicted molar refractivity (Wildman–Crippen MR) is 81.6 cm³/mol. The summed E-state index contributed by atoms with van der Waals surface area (Å²) >= 11 is 5.00. The maximum atomic E-state index is 12.5. The van der Waals surface area contributed by atoms with Gasteiger partial charge in [-0.15, -0.1) is 0 Å². The standard InChI is InChI=1S/C15H14N2OS/c1-9(14(16)19)8-17-12-7-3-5-10-4-2-6-11(13(10)12)15(17)18/h2-7,9H,8H2,1H3,(H2,16,19). The molecule has 0 fully saturated rings. The third kappa shape index (κ3) is 1.79. The number of benzene rings is 2. The fourth-order valence-corrected chi connectivity index (χ4v) is 2.60. The van der Waals surface area contributed by atoms with E-state index in [1.165, 1.54) is 0 Å². The van der Waals surface area contributed by atoms with E-state index in [1.54, 1.807) is 4.90 Å². The summed E-state index contributed by atoms with van der Waals surface area (Å²) in [7, 11) is 0. The number of hydrogen-bond acceptors (Lipinski definition) is 2. The van der Waals surface area contributed by atoms with Crippen LogP contribution in [-0.4, -0.2) is 17.4 Å². The Morgan fingerprint density at radius 2 is 2.00 bits per heavy atom. The van der Waals surface area contributed by atoms with Gasteiger partial charge in [0.25, 0.3) is 5.91 Å². The number of thiocarbonyl (C=S) groups is 1.